The summed E-state index contributed by atoms with van der Waals surface area (Å²) >= 11 is 0. The Bertz CT molecular complexity index is 11.4. The molecule has 0 aliphatic heterocycles. The molecule has 36 valence electrons. The van der Waals surface area contributed by atoms with Gasteiger partial charge in [-0.2, -0.15) is 0 Å². The molecule has 0 aromatic carbocycles. The zero-order chi connectivity index (χ0) is 4.12. The number of hydrogen-bond donors (Lipinski definition) is 0. The molecule has 0 saturated heterocycles. The second-order valence-electron chi connectivity index (χ2n) is 1.35. The van der Waals surface area contributed by atoms with Gasteiger partial charge in [0.05, 0.1) is 0 Å². The second-order valence-corrected chi connectivity index (χ2v) is 1.35. The molecule has 6 heavy (non-hydrogen) atoms. The van der Waals surface area contributed by atoms with Gasteiger partial charge in [-0.25, -0.2) is 0 Å². The van der Waals surface area contributed by atoms with E-state index in [0.29, 0.717) is 0 Å². The fourth-order valence-electron chi connectivity index (χ4n) is 0.354. The predicted octanol–water partition coefficient (Wildman–Crippen LogP) is 2.19. The van der Waals surface area contributed by atoms with Crippen molar-refractivity contribution in [2.24, 2.45) is 0 Å². The SMILES string of the molecule is CCCCC.[Ti]. The van der Waals surface area contributed by atoms with Gasteiger partial charge in [0.1, 0.15) is 0 Å². The third-order valence-corrected chi connectivity index (χ3v) is 0.707. The molecule has 0 aromatic heterocycles. The normalized spacial score (nSPS) is 7.00. The molecule has 0 aliphatic carbocycles. The number of rotatable bonds is 2. The summed E-state index contributed by atoms with van der Waals surface area (Å²) in [6.07, 6.45) is 4.08. The van der Waals surface area contributed by atoms with E-state index in [1.165, 1.54) is 19.3 Å². The topological polar surface area (TPSA) is 0 Å². The minimum Gasteiger partial charge on any atom is -0.0654 e. The molecular weight excluding hydrogens is 108 g/mol. The molecule has 0 saturated carbocycles. The molecule has 0 bridgehead atoms. The van der Waals surface area contributed by atoms with Gasteiger partial charge in [-0.3, -0.25) is 0 Å². The quantitative estimate of drug-likeness (QED) is 0.490. The van der Waals surface area contributed by atoms with Gasteiger partial charge in [0.25, 0.3) is 0 Å². The van der Waals surface area contributed by atoms with E-state index in [1.807, 2.05) is 0 Å². The Kier molecular flexibility index (Phi) is 15.1. The zero-order valence-corrected chi connectivity index (χ0v) is 6.18. The van der Waals surface area contributed by atoms with Crippen LogP contribution in [0.2, 0.25) is 0 Å². The first-order chi connectivity index (χ1) is 2.41. The molecule has 0 unspecified atom stereocenters. The minimum atomic E-state index is 0. The molecular formula is C5H12Ti. The Balaban J connectivity index is 0. The largest absolute Gasteiger partial charge is 0.0654 e. The van der Waals surface area contributed by atoms with E-state index in [9.17, 15) is 0 Å². The van der Waals surface area contributed by atoms with Gasteiger partial charge in [-0.05, 0) is 0 Å². The van der Waals surface area contributed by atoms with Crippen LogP contribution in [0, 0.1) is 0 Å². The zero-order valence-electron chi connectivity index (χ0n) is 4.62. The van der Waals surface area contributed by atoms with Crippen LogP contribution in [0.5, 0.6) is 0 Å². The van der Waals surface area contributed by atoms with Crippen molar-refractivity contribution in [1.29, 1.82) is 0 Å². The fourth-order valence-corrected chi connectivity index (χ4v) is 0.354. The maximum Gasteiger partial charge on any atom is 0 e. The molecule has 0 spiro atoms. The van der Waals surface area contributed by atoms with Crippen LogP contribution in [-0.2, 0) is 21.7 Å². The fraction of sp³-hybridized carbons (Fsp3) is 1.00. The Labute approximate surface area is 55.2 Å². The van der Waals surface area contributed by atoms with Crippen LogP contribution in [0.3, 0.4) is 0 Å². The standard InChI is InChI=1S/C5H12.Ti/c1-3-5-4-2;/h3-5H2,1-2H3;. The molecule has 0 heterocycles. The van der Waals surface area contributed by atoms with Gasteiger partial charge < -0.3 is 0 Å². The average Bonchev–Trinajstić information content (AvgIpc) is 1.41. The Hall–Kier alpha value is 0.714. The summed E-state index contributed by atoms with van der Waals surface area (Å²) in [6.45, 7) is 4.42. The summed E-state index contributed by atoms with van der Waals surface area (Å²) in [5.41, 5.74) is 0. The molecule has 0 radical (unpaired) electrons. The van der Waals surface area contributed by atoms with Crippen LogP contribution >= 0.6 is 0 Å². The third kappa shape index (κ3) is 8.83. The van der Waals surface area contributed by atoms with Gasteiger partial charge >= 0.3 is 0 Å². The van der Waals surface area contributed by atoms with Crippen LogP contribution < -0.4 is 0 Å². The first-order valence-electron chi connectivity index (χ1n) is 2.41. The Morgan fingerprint density at radius 3 is 1.33 bits per heavy atom. The second kappa shape index (κ2) is 9.21. The van der Waals surface area contributed by atoms with Gasteiger partial charge in [-0.1, -0.05) is 33.1 Å². The summed E-state index contributed by atoms with van der Waals surface area (Å²) in [4.78, 5) is 0. The van der Waals surface area contributed by atoms with Crippen LogP contribution in [0.25, 0.3) is 0 Å². The number of unbranched alkanes of at least 4 members (excludes halogenated alkanes) is 2. The van der Waals surface area contributed by atoms with Crippen molar-refractivity contribution in [3.63, 3.8) is 0 Å². The van der Waals surface area contributed by atoms with Gasteiger partial charge in [-0.15, -0.1) is 0 Å². The van der Waals surface area contributed by atoms with E-state index >= 15 is 0 Å². The minimum absolute atomic E-state index is 0. The molecule has 0 aliphatic rings. The summed E-state index contributed by atoms with van der Waals surface area (Å²) in [5, 5.41) is 0. The third-order valence-electron chi connectivity index (χ3n) is 0.707. The Morgan fingerprint density at radius 1 is 1.00 bits per heavy atom. The predicted molar refractivity (Wildman–Crippen MR) is 25.2 cm³/mol. The molecule has 0 rings (SSSR count). The van der Waals surface area contributed by atoms with Crippen molar-refractivity contribution < 1.29 is 21.7 Å². The molecule has 0 N–H and O–H groups in total. The van der Waals surface area contributed by atoms with Crippen molar-refractivity contribution in [2.75, 3.05) is 0 Å². The van der Waals surface area contributed by atoms with E-state index < -0.39 is 0 Å². The maximum atomic E-state index is 2.21. The van der Waals surface area contributed by atoms with Crippen LogP contribution in [0.15, 0.2) is 0 Å². The first-order valence-corrected chi connectivity index (χ1v) is 2.41. The van der Waals surface area contributed by atoms with Gasteiger partial charge in [0, 0.05) is 21.7 Å². The molecule has 1 heteroatoms. The van der Waals surface area contributed by atoms with E-state index in [-0.39, 0.29) is 21.7 Å². The van der Waals surface area contributed by atoms with Crippen molar-refractivity contribution in [1.82, 2.24) is 0 Å². The van der Waals surface area contributed by atoms with Crippen LogP contribution in [0.1, 0.15) is 33.1 Å². The maximum absolute atomic E-state index is 2.21. The van der Waals surface area contributed by atoms with Crippen molar-refractivity contribution in [2.45, 2.75) is 33.1 Å². The van der Waals surface area contributed by atoms with Gasteiger partial charge in [0.15, 0.2) is 0 Å². The van der Waals surface area contributed by atoms with Crippen LogP contribution in [0.4, 0.5) is 0 Å². The van der Waals surface area contributed by atoms with E-state index in [2.05, 4.69) is 13.8 Å². The summed E-state index contributed by atoms with van der Waals surface area (Å²) in [7, 11) is 0. The summed E-state index contributed by atoms with van der Waals surface area (Å²) < 4.78 is 0. The molecule has 0 atom stereocenters. The average molecular weight is 120 g/mol. The van der Waals surface area contributed by atoms with Crippen molar-refractivity contribution in [3.8, 4) is 0 Å². The molecule has 0 nitrogen and oxygen atoms in total. The van der Waals surface area contributed by atoms with E-state index in [4.69, 9.17) is 0 Å². The molecule has 0 aromatic rings. The molecule has 0 amide bonds. The van der Waals surface area contributed by atoms with Crippen LogP contribution in [-0.4, -0.2) is 0 Å². The van der Waals surface area contributed by atoms with E-state index in [1.54, 1.807) is 0 Å². The smallest absolute Gasteiger partial charge is 0 e. The molecule has 0 fully saturated rings. The Morgan fingerprint density at radius 2 is 1.33 bits per heavy atom. The monoisotopic (exact) mass is 120 g/mol. The summed E-state index contributed by atoms with van der Waals surface area (Å²) in [5.74, 6) is 0. The van der Waals surface area contributed by atoms with Crippen molar-refractivity contribution in [3.05, 3.63) is 0 Å². The van der Waals surface area contributed by atoms with E-state index in [0.717, 1.165) is 0 Å². The first kappa shape index (κ1) is 9.86. The number of hydrogen-bond acceptors (Lipinski definition) is 0. The van der Waals surface area contributed by atoms with Crippen molar-refractivity contribution >= 4 is 0 Å². The van der Waals surface area contributed by atoms with Gasteiger partial charge in [0.2, 0.25) is 0 Å². The summed E-state index contributed by atoms with van der Waals surface area (Å²) in [6, 6.07) is 0.